The number of amides is 1. The minimum Gasteiger partial charge on any atom is -0.525 e. The molecule has 0 spiro atoms. The first-order valence-electron chi connectivity index (χ1n) is 8.39. The highest BCUT2D eigenvalue weighted by Gasteiger charge is 2.28. The lowest BCUT2D eigenvalue weighted by Crippen LogP contribution is -2.49. The molecule has 0 radical (unpaired) electrons. The summed E-state index contributed by atoms with van der Waals surface area (Å²) in [6.07, 6.45) is 1.11. The summed E-state index contributed by atoms with van der Waals surface area (Å²) in [7, 11) is 0. The Morgan fingerprint density at radius 3 is 2.40 bits per heavy atom. The van der Waals surface area contributed by atoms with Crippen molar-refractivity contribution in [2.24, 2.45) is 11.5 Å². The molecule has 0 aromatic heterocycles. The summed E-state index contributed by atoms with van der Waals surface area (Å²) in [5.74, 6) is -1.03. The summed E-state index contributed by atoms with van der Waals surface area (Å²) in [6.45, 7) is 1.53. The molecule has 4 N–H and O–H groups in total. The average Bonchev–Trinajstić information content (AvgIpc) is 2.64. The predicted octanol–water partition coefficient (Wildman–Crippen LogP) is 0.491. The monoisotopic (exact) mass is 338 g/mol. The van der Waals surface area contributed by atoms with E-state index in [2.05, 4.69) is 6.92 Å². The van der Waals surface area contributed by atoms with Crippen molar-refractivity contribution in [3.05, 3.63) is 60.2 Å². The van der Waals surface area contributed by atoms with Gasteiger partial charge in [0.25, 0.3) is 0 Å². The van der Waals surface area contributed by atoms with Crippen molar-refractivity contribution in [2.75, 3.05) is 0 Å². The normalized spacial score (nSPS) is 11.6. The minimum atomic E-state index is -0.881. The first-order valence-corrected chi connectivity index (χ1v) is 8.39. The first-order chi connectivity index (χ1) is 12.0. The molecular formula is C19H23BN2O3. The van der Waals surface area contributed by atoms with Crippen molar-refractivity contribution >= 4 is 29.7 Å². The molecule has 130 valence electrons. The molecule has 1 unspecified atom stereocenters. The fourth-order valence-electron chi connectivity index (χ4n) is 2.55. The molecule has 2 aromatic rings. The van der Waals surface area contributed by atoms with E-state index in [1.807, 2.05) is 54.6 Å². The molecule has 0 aliphatic heterocycles. The Morgan fingerprint density at radius 2 is 1.76 bits per heavy atom. The zero-order valence-electron chi connectivity index (χ0n) is 14.4. The number of primary amides is 1. The highest BCUT2D eigenvalue weighted by atomic mass is 16.5. The topological polar surface area (TPSA) is 95.4 Å². The molecule has 1 atom stereocenters. The van der Waals surface area contributed by atoms with E-state index >= 15 is 0 Å². The molecule has 5 nitrogen and oxygen atoms in total. The Kier molecular flexibility index (Phi) is 6.77. The smallest absolute Gasteiger partial charge is 0.429 e. The highest BCUT2D eigenvalue weighted by molar-refractivity contribution is 6.81. The maximum Gasteiger partial charge on any atom is 0.429 e. The van der Waals surface area contributed by atoms with Crippen LogP contribution in [0.25, 0.3) is 0 Å². The van der Waals surface area contributed by atoms with E-state index < -0.39 is 24.8 Å². The van der Waals surface area contributed by atoms with Gasteiger partial charge in [0.05, 0.1) is 0 Å². The van der Waals surface area contributed by atoms with E-state index in [1.165, 1.54) is 0 Å². The van der Waals surface area contributed by atoms with E-state index in [0.717, 1.165) is 22.9 Å². The molecule has 0 bridgehead atoms. The molecule has 0 heterocycles. The van der Waals surface area contributed by atoms with Crippen LogP contribution in [-0.4, -0.2) is 24.8 Å². The van der Waals surface area contributed by atoms with Crippen LogP contribution in [-0.2, 0) is 20.7 Å². The third kappa shape index (κ3) is 5.46. The van der Waals surface area contributed by atoms with Crippen LogP contribution in [0, 0.1) is 0 Å². The van der Waals surface area contributed by atoms with Gasteiger partial charge >= 0.3 is 12.9 Å². The van der Waals surface area contributed by atoms with Crippen LogP contribution in [0.15, 0.2) is 54.6 Å². The largest absolute Gasteiger partial charge is 0.525 e. The number of hydrogen-bond acceptors (Lipinski definition) is 4. The lowest BCUT2D eigenvalue weighted by Gasteiger charge is -2.18. The third-order valence-electron chi connectivity index (χ3n) is 4.00. The average molecular weight is 338 g/mol. The molecular weight excluding hydrogens is 315 g/mol. The SMILES string of the molecule is CCc1cccc(B(OC(=O)C(N)CCC(N)=O)c2ccccc2)c1. The van der Waals surface area contributed by atoms with Crippen LogP contribution in [0.5, 0.6) is 0 Å². The van der Waals surface area contributed by atoms with Crippen molar-refractivity contribution in [3.63, 3.8) is 0 Å². The van der Waals surface area contributed by atoms with Gasteiger partial charge in [0, 0.05) is 6.42 Å². The third-order valence-corrected chi connectivity index (χ3v) is 4.00. The lowest BCUT2D eigenvalue weighted by atomic mass is 9.55. The highest BCUT2D eigenvalue weighted by Crippen LogP contribution is 2.03. The Bertz CT molecular complexity index is 722. The Balaban J connectivity index is 2.23. The van der Waals surface area contributed by atoms with Crippen LogP contribution in [0.3, 0.4) is 0 Å². The summed E-state index contributed by atoms with van der Waals surface area (Å²) in [4.78, 5) is 23.2. The van der Waals surface area contributed by atoms with Crippen molar-refractivity contribution in [3.8, 4) is 0 Å². The van der Waals surface area contributed by atoms with Crippen molar-refractivity contribution in [2.45, 2.75) is 32.2 Å². The second-order valence-corrected chi connectivity index (χ2v) is 5.94. The zero-order chi connectivity index (χ0) is 18.2. The Labute approximate surface area is 148 Å². The van der Waals surface area contributed by atoms with Gasteiger partial charge in [-0.05, 0) is 29.3 Å². The van der Waals surface area contributed by atoms with Crippen LogP contribution in [0.2, 0.25) is 0 Å². The predicted molar refractivity (Wildman–Crippen MR) is 99.8 cm³/mol. The van der Waals surface area contributed by atoms with Gasteiger partial charge in [0.15, 0.2) is 0 Å². The number of hydrogen-bond donors (Lipinski definition) is 2. The van der Waals surface area contributed by atoms with Gasteiger partial charge in [0.2, 0.25) is 5.91 Å². The molecule has 0 fully saturated rings. The van der Waals surface area contributed by atoms with Crippen LogP contribution >= 0.6 is 0 Å². The second kappa shape index (κ2) is 9.04. The maximum atomic E-state index is 12.4. The number of benzene rings is 2. The Morgan fingerprint density at radius 1 is 1.08 bits per heavy atom. The van der Waals surface area contributed by atoms with Crippen molar-refractivity contribution in [1.29, 1.82) is 0 Å². The van der Waals surface area contributed by atoms with E-state index in [1.54, 1.807) is 0 Å². The van der Waals surface area contributed by atoms with Crippen LogP contribution in [0.4, 0.5) is 0 Å². The number of aryl methyl sites for hydroxylation is 1. The van der Waals surface area contributed by atoms with Crippen molar-refractivity contribution in [1.82, 2.24) is 0 Å². The molecule has 2 rings (SSSR count). The van der Waals surface area contributed by atoms with E-state index in [9.17, 15) is 9.59 Å². The molecule has 6 heteroatoms. The Hall–Kier alpha value is -2.60. The van der Waals surface area contributed by atoms with Gasteiger partial charge in [-0.1, -0.05) is 61.5 Å². The number of carbonyl (C=O) groups excluding carboxylic acids is 2. The van der Waals surface area contributed by atoms with Crippen molar-refractivity contribution < 1.29 is 14.2 Å². The van der Waals surface area contributed by atoms with Gasteiger partial charge < -0.3 is 16.1 Å². The van der Waals surface area contributed by atoms with Crippen LogP contribution in [0.1, 0.15) is 25.3 Å². The number of carbonyl (C=O) groups is 2. The maximum absolute atomic E-state index is 12.4. The molecule has 0 saturated heterocycles. The fourth-order valence-corrected chi connectivity index (χ4v) is 2.55. The van der Waals surface area contributed by atoms with Crippen LogP contribution < -0.4 is 22.4 Å². The molecule has 25 heavy (non-hydrogen) atoms. The van der Waals surface area contributed by atoms with Gasteiger partial charge in [-0.15, -0.1) is 0 Å². The van der Waals surface area contributed by atoms with Gasteiger partial charge in [-0.25, -0.2) is 0 Å². The second-order valence-electron chi connectivity index (χ2n) is 5.94. The summed E-state index contributed by atoms with van der Waals surface area (Å²) in [5.41, 5.74) is 13.9. The zero-order valence-corrected chi connectivity index (χ0v) is 14.4. The van der Waals surface area contributed by atoms with Gasteiger partial charge in [0.1, 0.15) is 6.04 Å². The summed E-state index contributed by atoms with van der Waals surface area (Å²) in [6, 6.07) is 16.6. The van der Waals surface area contributed by atoms with E-state index in [0.29, 0.717) is 0 Å². The first kappa shape index (κ1) is 18.7. The van der Waals surface area contributed by atoms with E-state index in [-0.39, 0.29) is 12.8 Å². The van der Waals surface area contributed by atoms with Gasteiger partial charge in [-0.2, -0.15) is 0 Å². The summed E-state index contributed by atoms with van der Waals surface area (Å²) >= 11 is 0. The quantitative estimate of drug-likeness (QED) is 0.685. The fraction of sp³-hybridized carbons (Fsp3) is 0.263. The van der Waals surface area contributed by atoms with Gasteiger partial charge in [-0.3, -0.25) is 9.59 Å². The minimum absolute atomic E-state index is 0.0532. The lowest BCUT2D eigenvalue weighted by molar-refractivity contribution is -0.136. The molecule has 0 aliphatic rings. The number of rotatable bonds is 8. The van der Waals surface area contributed by atoms with E-state index in [4.69, 9.17) is 16.1 Å². The number of nitrogens with two attached hydrogens (primary N) is 2. The summed E-state index contributed by atoms with van der Waals surface area (Å²) < 4.78 is 5.70. The summed E-state index contributed by atoms with van der Waals surface area (Å²) in [5, 5.41) is 0. The standard InChI is InChI=1S/C19H23BN2O3/c1-2-14-7-6-10-16(13-14)20(15-8-4-3-5-9-15)25-19(24)17(21)11-12-18(22)23/h3-10,13,17H,2,11-12,21H2,1H3,(H2,22,23). The molecule has 1 amide bonds. The molecule has 0 saturated carbocycles. The molecule has 0 aliphatic carbocycles. The molecule has 2 aromatic carbocycles.